The molecular formula is C15H10BrN5O5S2. The summed E-state index contributed by atoms with van der Waals surface area (Å²) >= 11 is 5.38. The smallest absolute Gasteiger partial charge is 0.293 e. The molecule has 3 rings (SSSR count). The van der Waals surface area contributed by atoms with E-state index in [1.54, 1.807) is 6.07 Å². The van der Waals surface area contributed by atoms with Crippen LogP contribution in [0.3, 0.4) is 0 Å². The lowest BCUT2D eigenvalue weighted by Gasteiger charge is -2.03. The van der Waals surface area contributed by atoms with E-state index in [0.717, 1.165) is 23.1 Å². The summed E-state index contributed by atoms with van der Waals surface area (Å²) in [5.41, 5.74) is 0.392. The van der Waals surface area contributed by atoms with Crippen molar-refractivity contribution in [3.05, 3.63) is 56.9 Å². The number of hydrogen-bond acceptors (Lipinski definition) is 9. The Morgan fingerprint density at radius 1 is 1.18 bits per heavy atom. The number of carbonyl (C=O) groups excluding carboxylic acids is 2. The molecule has 0 aliphatic heterocycles. The molecule has 0 saturated carbocycles. The number of furan rings is 1. The van der Waals surface area contributed by atoms with E-state index in [0.29, 0.717) is 14.7 Å². The lowest BCUT2D eigenvalue weighted by molar-refractivity contribution is -0.384. The van der Waals surface area contributed by atoms with Gasteiger partial charge >= 0.3 is 0 Å². The highest BCUT2D eigenvalue weighted by Crippen LogP contribution is 2.26. The molecular weight excluding hydrogens is 474 g/mol. The zero-order chi connectivity index (χ0) is 20.1. The maximum Gasteiger partial charge on any atom is 0.293 e. The van der Waals surface area contributed by atoms with Gasteiger partial charge in [0.25, 0.3) is 11.6 Å². The minimum absolute atomic E-state index is 0.0577. The summed E-state index contributed by atoms with van der Waals surface area (Å²) in [5, 5.41) is 23.8. The molecule has 0 bridgehead atoms. The van der Waals surface area contributed by atoms with Crippen molar-refractivity contribution in [2.75, 3.05) is 16.4 Å². The number of non-ortho nitro benzene ring substituents is 1. The van der Waals surface area contributed by atoms with Gasteiger partial charge in [-0.1, -0.05) is 23.1 Å². The number of nitrogens with zero attached hydrogens (tertiary/aromatic N) is 3. The standard InChI is InChI=1S/C15H10BrN5O5S2/c16-11-6-5-10(26-11)13(23)18-14-19-20-15(28-14)27-7-12(22)17-8-1-3-9(4-2-8)21(24)25/h1-6H,7H2,(H,17,22)(H,18,19,23). The predicted molar refractivity (Wildman–Crippen MR) is 107 cm³/mol. The average Bonchev–Trinajstić information content (AvgIpc) is 3.29. The van der Waals surface area contributed by atoms with Crippen LogP contribution >= 0.6 is 39.0 Å². The summed E-state index contributed by atoms with van der Waals surface area (Å²) in [6.45, 7) is 0. The molecule has 13 heteroatoms. The van der Waals surface area contributed by atoms with Crippen LogP contribution in [0.2, 0.25) is 0 Å². The van der Waals surface area contributed by atoms with E-state index in [1.807, 2.05) is 0 Å². The average molecular weight is 484 g/mol. The third kappa shape index (κ3) is 5.37. The van der Waals surface area contributed by atoms with Crippen LogP contribution in [0.4, 0.5) is 16.5 Å². The van der Waals surface area contributed by atoms with Gasteiger partial charge < -0.3 is 9.73 Å². The lowest BCUT2D eigenvalue weighted by atomic mass is 10.3. The Morgan fingerprint density at radius 3 is 2.57 bits per heavy atom. The minimum Gasteiger partial charge on any atom is -0.444 e. The third-order valence-electron chi connectivity index (χ3n) is 3.11. The third-order valence-corrected chi connectivity index (χ3v) is 5.51. The Hall–Kier alpha value is -2.77. The SMILES string of the molecule is O=C(CSc1nnc(NC(=O)c2ccc(Br)o2)s1)Nc1ccc([N+](=O)[O-])cc1. The van der Waals surface area contributed by atoms with Crippen molar-refractivity contribution in [1.82, 2.24) is 10.2 Å². The van der Waals surface area contributed by atoms with Crippen LogP contribution < -0.4 is 10.6 Å². The highest BCUT2D eigenvalue weighted by Gasteiger charge is 2.14. The van der Waals surface area contributed by atoms with Crippen LogP contribution in [0.1, 0.15) is 10.6 Å². The van der Waals surface area contributed by atoms with Crippen LogP contribution in [-0.2, 0) is 4.79 Å². The molecule has 0 aliphatic rings. The highest BCUT2D eigenvalue weighted by molar-refractivity contribution is 9.10. The van der Waals surface area contributed by atoms with Crippen LogP contribution in [0.5, 0.6) is 0 Å². The van der Waals surface area contributed by atoms with Gasteiger partial charge in [0.2, 0.25) is 11.0 Å². The molecule has 0 fully saturated rings. The number of anilines is 2. The van der Waals surface area contributed by atoms with Gasteiger partial charge in [-0.2, -0.15) is 0 Å². The first-order valence-electron chi connectivity index (χ1n) is 7.48. The number of halogens is 1. The Balaban J connectivity index is 1.49. The molecule has 2 heterocycles. The van der Waals surface area contributed by atoms with Crippen molar-refractivity contribution in [2.24, 2.45) is 0 Å². The van der Waals surface area contributed by atoms with Gasteiger partial charge in [-0.05, 0) is 40.2 Å². The van der Waals surface area contributed by atoms with Crippen molar-refractivity contribution < 1.29 is 18.9 Å². The van der Waals surface area contributed by atoms with Crippen molar-refractivity contribution in [2.45, 2.75) is 4.34 Å². The maximum atomic E-state index is 12.0. The molecule has 2 aromatic heterocycles. The number of benzene rings is 1. The number of nitrogens with one attached hydrogen (secondary N) is 2. The first-order valence-corrected chi connectivity index (χ1v) is 10.1. The molecule has 0 aliphatic carbocycles. The number of carbonyl (C=O) groups is 2. The van der Waals surface area contributed by atoms with Gasteiger partial charge in [0.1, 0.15) is 0 Å². The van der Waals surface area contributed by atoms with E-state index in [4.69, 9.17) is 4.42 Å². The fourth-order valence-corrected chi connectivity index (χ4v) is 3.76. The number of aromatic nitrogens is 2. The summed E-state index contributed by atoms with van der Waals surface area (Å²) in [5.74, 6) is -0.585. The number of rotatable bonds is 7. The van der Waals surface area contributed by atoms with Crippen molar-refractivity contribution in [3.8, 4) is 0 Å². The van der Waals surface area contributed by atoms with Gasteiger partial charge in [-0.15, -0.1) is 10.2 Å². The molecule has 2 amide bonds. The first-order chi connectivity index (χ1) is 13.4. The molecule has 0 radical (unpaired) electrons. The molecule has 3 aromatic rings. The minimum atomic E-state index is -0.516. The second kappa shape index (κ2) is 8.95. The summed E-state index contributed by atoms with van der Waals surface area (Å²) < 4.78 is 6.08. The van der Waals surface area contributed by atoms with Crippen LogP contribution in [0.15, 0.2) is 49.8 Å². The maximum absolute atomic E-state index is 12.0. The van der Waals surface area contributed by atoms with Gasteiger partial charge in [-0.3, -0.25) is 25.0 Å². The van der Waals surface area contributed by atoms with Crippen LogP contribution in [-0.4, -0.2) is 32.7 Å². The van der Waals surface area contributed by atoms with Crippen molar-refractivity contribution >= 4 is 67.3 Å². The quantitative estimate of drug-likeness (QED) is 0.223. The Kier molecular flexibility index (Phi) is 6.38. The van der Waals surface area contributed by atoms with Gasteiger partial charge in [-0.25, -0.2) is 0 Å². The number of thioether (sulfide) groups is 1. The number of nitro groups is 1. The van der Waals surface area contributed by atoms with Gasteiger partial charge in [0.15, 0.2) is 14.8 Å². The van der Waals surface area contributed by atoms with E-state index in [-0.39, 0.29) is 28.2 Å². The van der Waals surface area contributed by atoms with E-state index in [9.17, 15) is 19.7 Å². The molecule has 144 valence electrons. The zero-order valence-corrected chi connectivity index (χ0v) is 17.0. The van der Waals surface area contributed by atoms with Crippen LogP contribution in [0, 0.1) is 10.1 Å². The molecule has 0 unspecified atom stereocenters. The fourth-order valence-electron chi connectivity index (χ4n) is 1.90. The molecule has 0 spiro atoms. The van der Waals surface area contributed by atoms with E-state index >= 15 is 0 Å². The largest absolute Gasteiger partial charge is 0.444 e. The Bertz CT molecular complexity index is 1020. The Morgan fingerprint density at radius 2 is 1.93 bits per heavy atom. The Labute approximate surface area is 174 Å². The van der Waals surface area contributed by atoms with E-state index in [1.165, 1.54) is 30.3 Å². The first kappa shape index (κ1) is 20.0. The molecule has 0 saturated heterocycles. The van der Waals surface area contributed by atoms with Gasteiger partial charge in [0.05, 0.1) is 10.7 Å². The predicted octanol–water partition coefficient (Wildman–Crippen LogP) is 3.78. The number of hydrogen-bond donors (Lipinski definition) is 2. The second-order valence-corrected chi connectivity index (χ2v) is 8.05. The summed E-state index contributed by atoms with van der Waals surface area (Å²) in [4.78, 5) is 34.1. The molecule has 2 N–H and O–H groups in total. The highest BCUT2D eigenvalue weighted by atomic mass is 79.9. The number of nitro benzene ring substituents is 1. The van der Waals surface area contributed by atoms with Crippen LogP contribution in [0.25, 0.3) is 0 Å². The molecule has 1 aromatic carbocycles. The van der Waals surface area contributed by atoms with E-state index < -0.39 is 10.8 Å². The summed E-state index contributed by atoms with van der Waals surface area (Å²) in [7, 11) is 0. The van der Waals surface area contributed by atoms with Gasteiger partial charge in [0, 0.05) is 17.8 Å². The molecule has 10 nitrogen and oxygen atoms in total. The number of amides is 2. The topological polar surface area (TPSA) is 140 Å². The second-order valence-electron chi connectivity index (χ2n) is 5.07. The zero-order valence-electron chi connectivity index (χ0n) is 13.7. The summed E-state index contributed by atoms with van der Waals surface area (Å²) in [6.07, 6.45) is 0. The fraction of sp³-hybridized carbons (Fsp3) is 0.0667. The lowest BCUT2D eigenvalue weighted by Crippen LogP contribution is -2.13. The summed E-state index contributed by atoms with van der Waals surface area (Å²) in [6, 6.07) is 8.62. The molecule has 28 heavy (non-hydrogen) atoms. The van der Waals surface area contributed by atoms with Crippen molar-refractivity contribution in [3.63, 3.8) is 0 Å². The molecule has 0 atom stereocenters. The monoisotopic (exact) mass is 483 g/mol. The van der Waals surface area contributed by atoms with E-state index in [2.05, 4.69) is 36.8 Å². The normalized spacial score (nSPS) is 10.5. The van der Waals surface area contributed by atoms with Crippen molar-refractivity contribution in [1.29, 1.82) is 0 Å².